The molecule has 1 heterocycles. The van der Waals surface area contributed by atoms with E-state index >= 15 is 0 Å². The summed E-state index contributed by atoms with van der Waals surface area (Å²) in [5.74, 6) is 0.649. The van der Waals surface area contributed by atoms with Gasteiger partial charge in [0.15, 0.2) is 0 Å². The average molecular weight is 262 g/mol. The van der Waals surface area contributed by atoms with Gasteiger partial charge >= 0.3 is 0 Å². The van der Waals surface area contributed by atoms with E-state index < -0.39 is 0 Å². The molecular weight excluding hydrogens is 247 g/mol. The number of hydrogen-bond acceptors (Lipinski definition) is 4. The van der Waals surface area contributed by atoms with Crippen LogP contribution in [0.5, 0.6) is 17.5 Å². The predicted octanol–water partition coefficient (Wildman–Crippen LogP) is 3.38. The molecule has 0 fully saturated rings. The second-order valence-corrected chi connectivity index (χ2v) is 3.95. The second kappa shape index (κ2) is 6.04. The van der Waals surface area contributed by atoms with Crippen LogP contribution in [0.4, 0.5) is 10.1 Å². The molecule has 1 aromatic heterocycles. The highest BCUT2D eigenvalue weighted by Gasteiger charge is 2.06. The van der Waals surface area contributed by atoms with Crippen LogP contribution < -0.4 is 15.2 Å². The summed E-state index contributed by atoms with van der Waals surface area (Å²) in [5.41, 5.74) is 6.19. The van der Waals surface area contributed by atoms with Gasteiger partial charge in [-0.25, -0.2) is 4.39 Å². The molecular formula is C14H15FN2O2. The third-order valence-electron chi connectivity index (χ3n) is 2.33. The molecule has 0 aliphatic heterocycles. The molecule has 2 rings (SSSR count). The topological polar surface area (TPSA) is 57.4 Å². The lowest BCUT2D eigenvalue weighted by atomic mass is 10.3. The molecule has 0 unspecified atom stereocenters. The Morgan fingerprint density at radius 3 is 2.84 bits per heavy atom. The number of aromatic nitrogens is 1. The van der Waals surface area contributed by atoms with Crippen molar-refractivity contribution < 1.29 is 13.9 Å². The third-order valence-corrected chi connectivity index (χ3v) is 2.33. The highest BCUT2D eigenvalue weighted by atomic mass is 19.1. The van der Waals surface area contributed by atoms with Gasteiger partial charge in [-0.1, -0.05) is 13.0 Å². The molecule has 0 saturated heterocycles. The van der Waals surface area contributed by atoms with Crippen LogP contribution >= 0.6 is 0 Å². The maximum atomic E-state index is 13.0. The number of rotatable bonds is 5. The molecule has 0 saturated carbocycles. The van der Waals surface area contributed by atoms with Crippen molar-refractivity contribution in [3.8, 4) is 17.5 Å². The summed E-state index contributed by atoms with van der Waals surface area (Å²) in [7, 11) is 0. The van der Waals surface area contributed by atoms with E-state index in [1.807, 2.05) is 6.92 Å². The van der Waals surface area contributed by atoms with Crippen molar-refractivity contribution in [2.75, 3.05) is 12.3 Å². The highest BCUT2D eigenvalue weighted by molar-refractivity contribution is 5.49. The van der Waals surface area contributed by atoms with E-state index in [2.05, 4.69) is 4.98 Å². The second-order valence-electron chi connectivity index (χ2n) is 3.95. The average Bonchev–Trinajstić information content (AvgIpc) is 2.39. The van der Waals surface area contributed by atoms with E-state index in [1.54, 1.807) is 24.3 Å². The minimum Gasteiger partial charge on any atom is -0.476 e. The van der Waals surface area contributed by atoms with E-state index in [1.165, 1.54) is 12.1 Å². The number of nitrogen functional groups attached to an aromatic ring is 1. The molecule has 0 amide bonds. The molecule has 0 aliphatic rings. The smallest absolute Gasteiger partial charge is 0.240 e. The van der Waals surface area contributed by atoms with Gasteiger partial charge in [0.05, 0.1) is 12.3 Å². The third kappa shape index (κ3) is 3.58. The van der Waals surface area contributed by atoms with Gasteiger partial charge in [0.25, 0.3) is 0 Å². The summed E-state index contributed by atoms with van der Waals surface area (Å²) < 4.78 is 23.9. The molecule has 2 N–H and O–H groups in total. The van der Waals surface area contributed by atoms with E-state index in [0.717, 1.165) is 6.42 Å². The number of benzene rings is 1. The monoisotopic (exact) mass is 262 g/mol. The van der Waals surface area contributed by atoms with Crippen LogP contribution in [0.2, 0.25) is 0 Å². The van der Waals surface area contributed by atoms with Gasteiger partial charge in [0.1, 0.15) is 11.6 Å². The summed E-state index contributed by atoms with van der Waals surface area (Å²) in [4.78, 5) is 4.14. The first-order valence-electron chi connectivity index (χ1n) is 6.02. The number of pyridine rings is 1. The number of ether oxygens (including phenoxy) is 2. The van der Waals surface area contributed by atoms with E-state index in [9.17, 15) is 4.39 Å². The predicted molar refractivity (Wildman–Crippen MR) is 70.9 cm³/mol. The maximum Gasteiger partial charge on any atom is 0.240 e. The summed E-state index contributed by atoms with van der Waals surface area (Å²) >= 11 is 0. The lowest BCUT2D eigenvalue weighted by Gasteiger charge is -2.09. The number of nitrogens with two attached hydrogens (primary N) is 1. The molecule has 1 aromatic carbocycles. The van der Waals surface area contributed by atoms with Crippen LogP contribution in [0, 0.1) is 5.82 Å². The molecule has 4 nitrogen and oxygen atoms in total. The Morgan fingerprint density at radius 1 is 1.26 bits per heavy atom. The Labute approximate surface area is 111 Å². The van der Waals surface area contributed by atoms with E-state index in [0.29, 0.717) is 29.8 Å². The van der Waals surface area contributed by atoms with Crippen molar-refractivity contribution in [3.63, 3.8) is 0 Å². The Bertz CT molecular complexity index is 561. The van der Waals surface area contributed by atoms with Crippen molar-refractivity contribution in [2.45, 2.75) is 13.3 Å². The van der Waals surface area contributed by atoms with Crippen molar-refractivity contribution in [1.29, 1.82) is 0 Å². The zero-order valence-corrected chi connectivity index (χ0v) is 10.6. The van der Waals surface area contributed by atoms with Crippen molar-refractivity contribution in [3.05, 3.63) is 42.2 Å². The summed E-state index contributed by atoms with van der Waals surface area (Å²) in [5, 5.41) is 0. The van der Waals surface area contributed by atoms with Crippen molar-refractivity contribution >= 4 is 5.69 Å². The van der Waals surface area contributed by atoms with Gasteiger partial charge in [-0.2, -0.15) is 4.98 Å². The van der Waals surface area contributed by atoms with Gasteiger partial charge in [-0.3, -0.25) is 0 Å². The standard InChI is InChI=1S/C14H15FN2O2/c1-2-8-18-14-12(16)6-7-13(17-14)19-11-5-3-4-10(15)9-11/h3-7,9H,2,8,16H2,1H3. The summed E-state index contributed by atoms with van der Waals surface area (Å²) in [6, 6.07) is 9.10. The van der Waals surface area contributed by atoms with Gasteiger partial charge in [0.2, 0.25) is 11.8 Å². The molecule has 0 aliphatic carbocycles. The fourth-order valence-electron chi connectivity index (χ4n) is 1.46. The number of halogens is 1. The highest BCUT2D eigenvalue weighted by Crippen LogP contribution is 2.26. The molecule has 100 valence electrons. The molecule has 0 bridgehead atoms. The first kappa shape index (κ1) is 13.1. The quantitative estimate of drug-likeness (QED) is 0.897. The Morgan fingerprint density at radius 2 is 2.11 bits per heavy atom. The molecule has 0 atom stereocenters. The molecule has 5 heteroatoms. The minimum atomic E-state index is -0.365. The van der Waals surface area contributed by atoms with Crippen LogP contribution in [-0.2, 0) is 0 Å². The van der Waals surface area contributed by atoms with Crippen LogP contribution in [-0.4, -0.2) is 11.6 Å². The van der Waals surface area contributed by atoms with Gasteiger partial charge in [0, 0.05) is 12.1 Å². The Balaban J connectivity index is 2.16. The Hall–Kier alpha value is -2.30. The van der Waals surface area contributed by atoms with E-state index in [4.69, 9.17) is 15.2 Å². The van der Waals surface area contributed by atoms with Crippen LogP contribution in [0.3, 0.4) is 0 Å². The largest absolute Gasteiger partial charge is 0.476 e. The van der Waals surface area contributed by atoms with Crippen molar-refractivity contribution in [1.82, 2.24) is 4.98 Å². The van der Waals surface area contributed by atoms with Crippen molar-refractivity contribution in [2.24, 2.45) is 0 Å². The normalized spacial score (nSPS) is 10.2. The first-order valence-corrected chi connectivity index (χ1v) is 6.02. The molecule has 19 heavy (non-hydrogen) atoms. The van der Waals surface area contributed by atoms with Crippen LogP contribution in [0.25, 0.3) is 0 Å². The fourth-order valence-corrected chi connectivity index (χ4v) is 1.46. The zero-order valence-electron chi connectivity index (χ0n) is 10.6. The lowest BCUT2D eigenvalue weighted by molar-refractivity contribution is 0.302. The lowest BCUT2D eigenvalue weighted by Crippen LogP contribution is -2.02. The number of anilines is 1. The molecule has 2 aromatic rings. The summed E-state index contributed by atoms with van der Waals surface area (Å²) in [6.45, 7) is 2.52. The van der Waals surface area contributed by atoms with Crippen LogP contribution in [0.1, 0.15) is 13.3 Å². The molecule has 0 radical (unpaired) electrons. The SMILES string of the molecule is CCCOc1nc(Oc2cccc(F)c2)ccc1N. The zero-order chi connectivity index (χ0) is 13.7. The summed E-state index contributed by atoms with van der Waals surface area (Å²) in [6.07, 6.45) is 0.857. The minimum absolute atomic E-state index is 0.311. The number of hydrogen-bond donors (Lipinski definition) is 1. The van der Waals surface area contributed by atoms with Crippen LogP contribution in [0.15, 0.2) is 36.4 Å². The maximum absolute atomic E-state index is 13.0. The first-order chi connectivity index (χ1) is 9.19. The van der Waals surface area contributed by atoms with E-state index in [-0.39, 0.29) is 5.82 Å². The fraction of sp³-hybridized carbons (Fsp3) is 0.214. The van der Waals surface area contributed by atoms with Gasteiger partial charge < -0.3 is 15.2 Å². The van der Waals surface area contributed by atoms with Gasteiger partial charge in [-0.15, -0.1) is 0 Å². The number of nitrogens with zero attached hydrogens (tertiary/aromatic N) is 1. The van der Waals surface area contributed by atoms with Gasteiger partial charge in [-0.05, 0) is 24.6 Å². The molecule has 0 spiro atoms. The Kier molecular flexibility index (Phi) is 4.18.